The van der Waals surface area contributed by atoms with Crippen LogP contribution in [-0.4, -0.2) is 86.0 Å². The summed E-state index contributed by atoms with van der Waals surface area (Å²) in [5.41, 5.74) is 5.00. The summed E-state index contributed by atoms with van der Waals surface area (Å²) in [7, 11) is 3.16. The number of benzene rings is 1. The lowest BCUT2D eigenvalue weighted by Crippen LogP contribution is -2.59. The summed E-state index contributed by atoms with van der Waals surface area (Å²) < 4.78 is 13.0. The van der Waals surface area contributed by atoms with Crippen LogP contribution in [0.2, 0.25) is 10.0 Å². The molecule has 2 saturated heterocycles. The van der Waals surface area contributed by atoms with E-state index in [1.807, 2.05) is 55.6 Å². The van der Waals surface area contributed by atoms with Crippen LogP contribution in [0.4, 0.5) is 0 Å². The van der Waals surface area contributed by atoms with Gasteiger partial charge in [0.05, 0.1) is 47.8 Å². The zero-order valence-electron chi connectivity index (χ0n) is 27.3. The van der Waals surface area contributed by atoms with Crippen LogP contribution < -0.4 is 20.1 Å². The average molecular weight is 704 g/mol. The number of ether oxygens (including phenoxy) is 2. The van der Waals surface area contributed by atoms with Crippen molar-refractivity contribution in [3.63, 3.8) is 0 Å². The van der Waals surface area contributed by atoms with Crippen molar-refractivity contribution in [2.45, 2.75) is 44.5 Å². The predicted molar refractivity (Wildman–Crippen MR) is 187 cm³/mol. The molecule has 3 N–H and O–H groups in total. The molecule has 0 spiro atoms. The van der Waals surface area contributed by atoms with Gasteiger partial charge in [-0.3, -0.25) is 14.7 Å². The molecule has 1 aromatic carbocycles. The number of amides is 1. The van der Waals surface area contributed by atoms with Gasteiger partial charge < -0.3 is 25.2 Å². The molecule has 12 nitrogen and oxygen atoms in total. The second-order valence-electron chi connectivity index (χ2n) is 12.7. The Morgan fingerprint density at radius 1 is 1.04 bits per heavy atom. The second kappa shape index (κ2) is 13.5. The first-order valence-electron chi connectivity index (χ1n) is 16.0. The van der Waals surface area contributed by atoms with E-state index in [0.717, 1.165) is 28.7 Å². The maximum absolute atomic E-state index is 11.5. The summed E-state index contributed by atoms with van der Waals surface area (Å²) in [6, 6.07) is 13.5. The van der Waals surface area contributed by atoms with E-state index >= 15 is 0 Å². The molecular weight excluding hydrogens is 667 g/mol. The van der Waals surface area contributed by atoms with Crippen molar-refractivity contribution < 1.29 is 19.4 Å². The van der Waals surface area contributed by atoms with E-state index in [-0.39, 0.29) is 11.9 Å². The van der Waals surface area contributed by atoms with Crippen molar-refractivity contribution in [1.82, 2.24) is 40.1 Å². The quantitative estimate of drug-likeness (QED) is 0.176. The first-order valence-corrected chi connectivity index (χ1v) is 16.7. The molecule has 0 saturated carbocycles. The molecule has 2 fully saturated rings. The van der Waals surface area contributed by atoms with E-state index in [1.54, 1.807) is 24.9 Å². The molecule has 254 valence electrons. The number of aliphatic hydroxyl groups is 1. The van der Waals surface area contributed by atoms with Crippen LogP contribution in [0.1, 0.15) is 31.2 Å². The fraction of sp³-hybridized carbons (Fsp3) is 0.343. The lowest BCUT2D eigenvalue weighted by molar-refractivity contribution is -0.119. The molecule has 1 atom stereocenters. The number of fused-ring (bicyclic) bond motifs is 1. The molecule has 0 bridgehead atoms. The maximum atomic E-state index is 11.5. The molecule has 14 heteroatoms. The Labute approximate surface area is 293 Å². The number of halogens is 2. The number of carbonyl (C=O) groups is 1. The third kappa shape index (κ3) is 6.79. The molecule has 6 heterocycles. The number of nitrogens with one attached hydrogen (secondary N) is 2. The third-order valence-electron chi connectivity index (χ3n) is 8.81. The van der Waals surface area contributed by atoms with Crippen molar-refractivity contribution in [2.24, 2.45) is 0 Å². The number of hydrogen-bond donors (Lipinski definition) is 3. The van der Waals surface area contributed by atoms with E-state index in [2.05, 4.69) is 25.5 Å². The summed E-state index contributed by atoms with van der Waals surface area (Å²) in [6.07, 6.45) is 4.95. The average Bonchev–Trinajstić information content (AvgIpc) is 3.70. The molecule has 5 aromatic rings. The number of hydrogen-bond acceptors (Lipinski definition) is 10. The normalized spacial score (nSPS) is 17.3. The van der Waals surface area contributed by atoms with Gasteiger partial charge in [-0.2, -0.15) is 10.1 Å². The number of likely N-dealkylation sites (tertiary alicyclic amines) is 1. The van der Waals surface area contributed by atoms with Crippen LogP contribution in [0.15, 0.2) is 54.9 Å². The highest BCUT2D eigenvalue weighted by Crippen LogP contribution is 2.42. The highest BCUT2D eigenvalue weighted by Gasteiger charge is 2.36. The van der Waals surface area contributed by atoms with Gasteiger partial charge in [-0.05, 0) is 31.5 Å². The number of β-amino-alcohol motifs (C(OH)–C–C–N with tert-alkyl or cyclic N) is 1. The van der Waals surface area contributed by atoms with Crippen LogP contribution in [0.5, 0.6) is 11.8 Å². The second-order valence-corrected chi connectivity index (χ2v) is 13.5. The SMILES string of the molecule is COc1nc(-c2cccc(-c3ccnc(-c4cc5c(OC)nc(CN6CC(C)(O)C6)nn5c4)c3Cl)c2Cl)ccc1CNC[C@H]1CCC(=O)N1. The molecule has 2 aliphatic rings. The van der Waals surface area contributed by atoms with Gasteiger partial charge in [0.1, 0.15) is 5.52 Å². The van der Waals surface area contributed by atoms with Gasteiger partial charge >= 0.3 is 0 Å². The monoisotopic (exact) mass is 702 g/mol. The molecular formula is C35H36Cl2N8O4. The Bertz CT molecular complexity index is 2040. The van der Waals surface area contributed by atoms with Gasteiger partial charge in [0.15, 0.2) is 5.82 Å². The van der Waals surface area contributed by atoms with E-state index in [9.17, 15) is 9.90 Å². The Balaban J connectivity index is 1.15. The van der Waals surface area contributed by atoms with E-state index in [0.29, 0.717) is 89.2 Å². The fourth-order valence-electron chi connectivity index (χ4n) is 6.52. The van der Waals surface area contributed by atoms with Crippen LogP contribution >= 0.6 is 23.2 Å². The Morgan fingerprint density at radius 3 is 2.55 bits per heavy atom. The largest absolute Gasteiger partial charge is 0.481 e. The lowest BCUT2D eigenvalue weighted by Gasteiger charge is -2.43. The number of rotatable bonds is 11. The standard InChI is InChI=1S/C35H36Cl2N8O4/c1-35(47)18-44(19-35)17-28-42-34(49-3)27-13-21(16-45(27)43-28)32-31(37)24(11-12-39-32)23-5-4-6-25(30(23)36)26-9-7-20(33(41-26)48-2)14-38-15-22-8-10-29(46)40-22/h4-7,9,11-13,16,22,38,47H,8,10,14-15,17-19H2,1-3H3,(H,40,46)/t22-/m1/s1. The van der Waals surface area contributed by atoms with Crippen molar-refractivity contribution in [2.75, 3.05) is 33.9 Å². The maximum Gasteiger partial charge on any atom is 0.241 e. The number of aromatic nitrogens is 5. The Morgan fingerprint density at radius 2 is 1.82 bits per heavy atom. The summed E-state index contributed by atoms with van der Waals surface area (Å²) in [5, 5.41) is 22.1. The van der Waals surface area contributed by atoms with Gasteiger partial charge in [-0.1, -0.05) is 47.5 Å². The van der Waals surface area contributed by atoms with Gasteiger partial charge in [0, 0.05) is 78.9 Å². The van der Waals surface area contributed by atoms with Crippen molar-refractivity contribution in [1.29, 1.82) is 0 Å². The van der Waals surface area contributed by atoms with E-state index < -0.39 is 5.60 Å². The smallest absolute Gasteiger partial charge is 0.241 e. The fourth-order valence-corrected chi connectivity index (χ4v) is 7.17. The number of nitrogens with zero attached hydrogens (tertiary/aromatic N) is 6. The summed E-state index contributed by atoms with van der Waals surface area (Å²) >= 11 is 14.2. The van der Waals surface area contributed by atoms with Crippen LogP contribution in [0.3, 0.4) is 0 Å². The third-order valence-corrected chi connectivity index (χ3v) is 9.60. The Hall–Kier alpha value is -4.33. The predicted octanol–water partition coefficient (Wildman–Crippen LogP) is 4.78. The molecule has 4 aromatic heterocycles. The lowest BCUT2D eigenvalue weighted by atomic mass is 9.97. The first-order chi connectivity index (χ1) is 23.6. The minimum atomic E-state index is -0.687. The summed E-state index contributed by atoms with van der Waals surface area (Å²) in [6.45, 7) is 4.62. The van der Waals surface area contributed by atoms with Crippen LogP contribution in [0.25, 0.3) is 39.2 Å². The van der Waals surface area contributed by atoms with Gasteiger partial charge in [-0.25, -0.2) is 9.50 Å². The minimum Gasteiger partial charge on any atom is -0.481 e. The first kappa shape index (κ1) is 33.2. The van der Waals surface area contributed by atoms with Crippen molar-refractivity contribution in [3.8, 4) is 45.4 Å². The van der Waals surface area contributed by atoms with E-state index in [4.69, 9.17) is 42.8 Å². The Kier molecular flexibility index (Phi) is 9.16. The van der Waals surface area contributed by atoms with Crippen molar-refractivity contribution in [3.05, 3.63) is 76.3 Å². The zero-order valence-corrected chi connectivity index (χ0v) is 28.8. The molecule has 1 amide bonds. The van der Waals surface area contributed by atoms with Gasteiger partial charge in [0.2, 0.25) is 17.7 Å². The molecule has 0 aliphatic carbocycles. The van der Waals surface area contributed by atoms with E-state index in [1.165, 1.54) is 0 Å². The number of methoxy groups -OCH3 is 2. The highest BCUT2D eigenvalue weighted by atomic mass is 35.5. The zero-order chi connectivity index (χ0) is 34.3. The highest BCUT2D eigenvalue weighted by molar-refractivity contribution is 6.39. The van der Waals surface area contributed by atoms with Crippen LogP contribution in [0, 0.1) is 0 Å². The molecule has 7 rings (SSSR count). The number of carbonyl (C=O) groups excluding carboxylic acids is 1. The summed E-state index contributed by atoms with van der Waals surface area (Å²) in [5.74, 6) is 1.59. The van der Waals surface area contributed by atoms with Crippen molar-refractivity contribution >= 4 is 34.6 Å². The molecule has 2 aliphatic heterocycles. The topological polar surface area (TPSA) is 139 Å². The molecule has 0 unspecified atom stereocenters. The molecule has 49 heavy (non-hydrogen) atoms. The summed E-state index contributed by atoms with van der Waals surface area (Å²) in [4.78, 5) is 27.6. The van der Waals surface area contributed by atoms with Crippen LogP contribution in [-0.2, 0) is 17.9 Å². The van der Waals surface area contributed by atoms with Gasteiger partial charge in [-0.15, -0.1) is 0 Å². The minimum absolute atomic E-state index is 0.0947. The van der Waals surface area contributed by atoms with Gasteiger partial charge in [0.25, 0.3) is 0 Å². The number of pyridine rings is 2. The molecule has 0 radical (unpaired) electrons.